The summed E-state index contributed by atoms with van der Waals surface area (Å²) in [5, 5.41) is 5.72. The Balaban J connectivity index is 1.77. The summed E-state index contributed by atoms with van der Waals surface area (Å²) < 4.78 is 0. The van der Waals surface area contributed by atoms with Gasteiger partial charge >= 0.3 is 0 Å². The minimum Gasteiger partial charge on any atom is -0.322 e. The smallest absolute Gasteiger partial charge is 0.274 e. The van der Waals surface area contributed by atoms with Crippen LogP contribution in [0.4, 0.5) is 11.4 Å². The van der Waals surface area contributed by atoms with Crippen LogP contribution in [0.5, 0.6) is 0 Å². The average Bonchev–Trinajstić information content (AvgIpc) is 2.63. The van der Waals surface area contributed by atoms with Gasteiger partial charge in [0, 0.05) is 23.1 Å². The number of carbonyl (C=O) groups excluding carboxylic acids is 2. The molecule has 2 N–H and O–H groups in total. The molecule has 142 valence electrons. The summed E-state index contributed by atoms with van der Waals surface area (Å²) >= 11 is 0. The molecular weight excluding hydrogens is 350 g/mol. The summed E-state index contributed by atoms with van der Waals surface area (Å²) in [6, 6.07) is 14.7. The second-order valence-electron chi connectivity index (χ2n) is 7.03. The van der Waals surface area contributed by atoms with Crippen molar-refractivity contribution in [1.82, 2.24) is 4.98 Å². The summed E-state index contributed by atoms with van der Waals surface area (Å²) in [5.41, 5.74) is 6.24. The Kier molecular flexibility index (Phi) is 5.54. The van der Waals surface area contributed by atoms with Gasteiger partial charge in [0.2, 0.25) is 0 Å². The van der Waals surface area contributed by atoms with Crippen LogP contribution < -0.4 is 10.6 Å². The van der Waals surface area contributed by atoms with E-state index in [-0.39, 0.29) is 17.5 Å². The maximum Gasteiger partial charge on any atom is 0.274 e. The minimum absolute atomic E-state index is 0.188. The lowest BCUT2D eigenvalue weighted by atomic mass is 10.1. The third-order valence-electron chi connectivity index (χ3n) is 4.36. The van der Waals surface area contributed by atoms with Gasteiger partial charge in [-0.15, -0.1) is 0 Å². The first-order valence-electron chi connectivity index (χ1n) is 9.06. The number of hydrogen-bond donors (Lipinski definition) is 2. The van der Waals surface area contributed by atoms with Crippen LogP contribution in [0.3, 0.4) is 0 Å². The van der Waals surface area contributed by atoms with Crippen molar-refractivity contribution in [3.05, 3.63) is 88.2 Å². The molecule has 0 unspecified atom stereocenters. The molecule has 3 aromatic rings. The number of benzene rings is 2. The highest BCUT2D eigenvalue weighted by atomic mass is 16.2. The number of aryl methyl sites for hydroxylation is 4. The maximum absolute atomic E-state index is 12.6. The molecule has 0 aliphatic rings. The number of nitrogens with one attached hydrogen (secondary N) is 2. The zero-order valence-corrected chi connectivity index (χ0v) is 16.5. The molecule has 0 saturated heterocycles. The maximum atomic E-state index is 12.6. The molecule has 0 atom stereocenters. The summed E-state index contributed by atoms with van der Waals surface area (Å²) in [7, 11) is 0. The lowest BCUT2D eigenvalue weighted by Crippen LogP contribution is -2.17. The van der Waals surface area contributed by atoms with Crippen molar-refractivity contribution < 1.29 is 9.59 Å². The van der Waals surface area contributed by atoms with E-state index in [1.54, 1.807) is 6.07 Å². The molecule has 28 heavy (non-hydrogen) atoms. The number of amides is 2. The molecule has 1 heterocycles. The van der Waals surface area contributed by atoms with E-state index in [0.717, 1.165) is 33.6 Å². The molecule has 0 fully saturated rings. The third-order valence-corrected chi connectivity index (χ3v) is 4.36. The first-order valence-corrected chi connectivity index (χ1v) is 9.06. The topological polar surface area (TPSA) is 71.1 Å². The number of anilines is 2. The van der Waals surface area contributed by atoms with Gasteiger partial charge < -0.3 is 10.6 Å². The van der Waals surface area contributed by atoms with E-state index in [1.807, 2.05) is 64.1 Å². The molecular formula is C23H23N3O2. The summed E-state index contributed by atoms with van der Waals surface area (Å²) in [4.78, 5) is 29.3. The molecule has 0 bridgehead atoms. The van der Waals surface area contributed by atoms with Crippen molar-refractivity contribution in [2.45, 2.75) is 27.7 Å². The van der Waals surface area contributed by atoms with E-state index in [2.05, 4.69) is 15.6 Å². The van der Waals surface area contributed by atoms with Crippen molar-refractivity contribution in [2.24, 2.45) is 0 Å². The van der Waals surface area contributed by atoms with Crippen molar-refractivity contribution in [3.8, 4) is 0 Å². The third kappa shape index (κ3) is 4.62. The molecule has 2 amide bonds. The predicted molar refractivity (Wildman–Crippen MR) is 112 cm³/mol. The predicted octanol–water partition coefficient (Wildman–Crippen LogP) is 4.82. The largest absolute Gasteiger partial charge is 0.322 e. The number of rotatable bonds is 4. The summed E-state index contributed by atoms with van der Waals surface area (Å²) in [6.45, 7) is 7.89. The Morgan fingerprint density at radius 2 is 1.46 bits per heavy atom. The van der Waals surface area contributed by atoms with Crippen LogP contribution in [0, 0.1) is 27.7 Å². The number of pyridine rings is 1. The van der Waals surface area contributed by atoms with Crippen LogP contribution in [0.2, 0.25) is 0 Å². The Morgan fingerprint density at radius 1 is 0.750 bits per heavy atom. The Hall–Kier alpha value is -3.47. The van der Waals surface area contributed by atoms with Crippen molar-refractivity contribution in [3.63, 3.8) is 0 Å². The van der Waals surface area contributed by atoms with Gasteiger partial charge in [0.05, 0.1) is 0 Å². The van der Waals surface area contributed by atoms with Gasteiger partial charge in [-0.1, -0.05) is 23.8 Å². The van der Waals surface area contributed by atoms with Gasteiger partial charge in [0.1, 0.15) is 5.69 Å². The number of nitrogens with zero attached hydrogens (tertiary/aromatic N) is 1. The van der Waals surface area contributed by atoms with E-state index in [0.29, 0.717) is 5.56 Å². The van der Waals surface area contributed by atoms with Gasteiger partial charge in [0.15, 0.2) is 0 Å². The van der Waals surface area contributed by atoms with Crippen molar-refractivity contribution in [1.29, 1.82) is 0 Å². The quantitative estimate of drug-likeness (QED) is 0.689. The number of aromatic nitrogens is 1. The molecule has 5 heteroatoms. The lowest BCUT2D eigenvalue weighted by molar-refractivity contribution is 0.102. The van der Waals surface area contributed by atoms with Crippen molar-refractivity contribution in [2.75, 3.05) is 10.6 Å². The molecule has 1 aromatic heterocycles. The van der Waals surface area contributed by atoms with Gasteiger partial charge in [-0.2, -0.15) is 0 Å². The van der Waals surface area contributed by atoms with E-state index < -0.39 is 0 Å². The highest BCUT2D eigenvalue weighted by molar-refractivity contribution is 6.08. The van der Waals surface area contributed by atoms with Crippen LogP contribution in [-0.2, 0) is 0 Å². The molecule has 3 rings (SSSR count). The minimum atomic E-state index is -0.354. The van der Waals surface area contributed by atoms with E-state index in [4.69, 9.17) is 0 Å². The fourth-order valence-corrected chi connectivity index (χ4v) is 3.09. The molecule has 5 nitrogen and oxygen atoms in total. The molecule has 0 aliphatic heterocycles. The van der Waals surface area contributed by atoms with Crippen LogP contribution in [0.15, 0.2) is 54.7 Å². The fraction of sp³-hybridized carbons (Fsp3) is 0.174. The van der Waals surface area contributed by atoms with Crippen LogP contribution in [-0.4, -0.2) is 16.8 Å². The second-order valence-corrected chi connectivity index (χ2v) is 7.03. The highest BCUT2D eigenvalue weighted by Gasteiger charge is 2.13. The molecule has 2 aromatic carbocycles. The average molecular weight is 373 g/mol. The van der Waals surface area contributed by atoms with Gasteiger partial charge in [-0.05, 0) is 74.7 Å². The van der Waals surface area contributed by atoms with E-state index in [9.17, 15) is 9.59 Å². The highest BCUT2D eigenvalue weighted by Crippen LogP contribution is 2.18. The second kappa shape index (κ2) is 8.05. The molecule has 0 radical (unpaired) electrons. The van der Waals surface area contributed by atoms with Crippen LogP contribution in [0.25, 0.3) is 0 Å². The standard InChI is InChI=1S/C23H23N3O2/c1-14-5-6-20(17(4)10-14)26-23(28)21-13-18(7-8-24-21)22(27)25-19-11-15(2)9-16(3)12-19/h5-13H,1-4H3,(H,25,27)(H,26,28). The number of carbonyl (C=O) groups is 2. The van der Waals surface area contributed by atoms with Crippen molar-refractivity contribution >= 4 is 23.2 Å². The van der Waals surface area contributed by atoms with Crippen LogP contribution >= 0.6 is 0 Å². The normalized spacial score (nSPS) is 10.4. The lowest BCUT2D eigenvalue weighted by Gasteiger charge is -2.10. The SMILES string of the molecule is Cc1cc(C)cc(NC(=O)c2ccnc(C(=O)Nc3ccc(C)cc3C)c2)c1. The Morgan fingerprint density at radius 3 is 2.14 bits per heavy atom. The Bertz CT molecular complexity index is 1040. The fourth-order valence-electron chi connectivity index (χ4n) is 3.09. The first-order chi connectivity index (χ1) is 13.3. The van der Waals surface area contributed by atoms with E-state index >= 15 is 0 Å². The van der Waals surface area contributed by atoms with E-state index in [1.165, 1.54) is 12.3 Å². The monoisotopic (exact) mass is 373 g/mol. The van der Waals surface area contributed by atoms with Gasteiger partial charge in [-0.25, -0.2) is 0 Å². The van der Waals surface area contributed by atoms with Crippen LogP contribution in [0.1, 0.15) is 43.1 Å². The Labute approximate surface area is 164 Å². The zero-order valence-electron chi connectivity index (χ0n) is 16.5. The molecule has 0 aliphatic carbocycles. The van der Waals surface area contributed by atoms with Gasteiger partial charge in [-0.3, -0.25) is 14.6 Å². The zero-order chi connectivity index (χ0) is 20.3. The summed E-state index contributed by atoms with van der Waals surface area (Å²) in [6.07, 6.45) is 1.47. The van der Waals surface area contributed by atoms with Gasteiger partial charge in [0.25, 0.3) is 11.8 Å². The molecule has 0 spiro atoms. The number of hydrogen-bond acceptors (Lipinski definition) is 3. The summed E-state index contributed by atoms with van der Waals surface area (Å²) in [5.74, 6) is -0.638. The first kappa shape index (κ1) is 19.3. The molecule has 0 saturated carbocycles.